The number of rotatable bonds is 3. The first-order valence-corrected chi connectivity index (χ1v) is 7.12. The van der Waals surface area contributed by atoms with Gasteiger partial charge >= 0.3 is 0 Å². The minimum Gasteiger partial charge on any atom is -0.399 e. The van der Waals surface area contributed by atoms with Crippen LogP contribution in [0.1, 0.15) is 5.56 Å². The second-order valence-electron chi connectivity index (χ2n) is 4.25. The zero-order valence-electron chi connectivity index (χ0n) is 10.5. The molecule has 0 fully saturated rings. The van der Waals surface area contributed by atoms with Gasteiger partial charge in [-0.3, -0.25) is 4.72 Å². The Morgan fingerprint density at radius 1 is 1.10 bits per heavy atom. The zero-order valence-corrected chi connectivity index (χ0v) is 11.3. The smallest absolute Gasteiger partial charge is 0.262 e. The number of halogens is 2. The minimum atomic E-state index is -4.04. The number of nitrogen functional groups attached to an aromatic ring is 1. The quantitative estimate of drug-likeness (QED) is 0.856. The monoisotopic (exact) mass is 298 g/mol. The number of nitrogens with two attached hydrogens (primary N) is 1. The number of nitrogens with one attached hydrogen (secondary N) is 1. The van der Waals surface area contributed by atoms with Gasteiger partial charge in [-0.15, -0.1) is 0 Å². The Hall–Kier alpha value is -2.15. The van der Waals surface area contributed by atoms with E-state index in [9.17, 15) is 17.2 Å². The number of benzene rings is 2. The zero-order chi connectivity index (χ0) is 14.9. The second-order valence-corrected chi connectivity index (χ2v) is 5.91. The molecule has 0 saturated heterocycles. The summed E-state index contributed by atoms with van der Waals surface area (Å²) in [6.07, 6.45) is 0. The van der Waals surface area contributed by atoms with Gasteiger partial charge in [0, 0.05) is 11.8 Å². The van der Waals surface area contributed by atoms with Crippen molar-refractivity contribution >= 4 is 21.4 Å². The lowest BCUT2D eigenvalue weighted by atomic mass is 10.2. The van der Waals surface area contributed by atoms with Crippen molar-refractivity contribution in [3.05, 3.63) is 53.6 Å². The highest BCUT2D eigenvalue weighted by Gasteiger charge is 2.19. The van der Waals surface area contributed by atoms with Crippen LogP contribution in [-0.4, -0.2) is 8.42 Å². The molecule has 20 heavy (non-hydrogen) atoms. The first-order valence-electron chi connectivity index (χ1n) is 5.63. The molecular weight excluding hydrogens is 286 g/mol. The predicted molar refractivity (Wildman–Crippen MR) is 72.8 cm³/mol. The summed E-state index contributed by atoms with van der Waals surface area (Å²) in [7, 11) is -4.04. The molecule has 0 saturated carbocycles. The maximum atomic E-state index is 13.5. The van der Waals surface area contributed by atoms with Crippen LogP contribution < -0.4 is 10.5 Å². The van der Waals surface area contributed by atoms with Crippen LogP contribution in [0, 0.1) is 18.6 Å². The third-order valence-corrected chi connectivity index (χ3v) is 4.18. The molecule has 3 N–H and O–H groups in total. The van der Waals surface area contributed by atoms with Crippen LogP contribution in [0.4, 0.5) is 20.2 Å². The van der Waals surface area contributed by atoms with Crippen molar-refractivity contribution in [2.24, 2.45) is 0 Å². The van der Waals surface area contributed by atoms with Crippen molar-refractivity contribution < 1.29 is 17.2 Å². The van der Waals surface area contributed by atoms with Crippen LogP contribution >= 0.6 is 0 Å². The van der Waals surface area contributed by atoms with Gasteiger partial charge in [0.15, 0.2) is 0 Å². The van der Waals surface area contributed by atoms with E-state index < -0.39 is 27.3 Å². The Morgan fingerprint density at radius 2 is 1.80 bits per heavy atom. The number of hydrogen-bond donors (Lipinski definition) is 2. The van der Waals surface area contributed by atoms with Crippen LogP contribution in [-0.2, 0) is 10.0 Å². The first-order chi connectivity index (χ1) is 9.29. The average Bonchev–Trinajstić information content (AvgIpc) is 2.36. The molecule has 2 aromatic rings. The summed E-state index contributed by atoms with van der Waals surface area (Å²) >= 11 is 0. The third kappa shape index (κ3) is 2.88. The van der Waals surface area contributed by atoms with E-state index in [4.69, 9.17) is 5.73 Å². The van der Waals surface area contributed by atoms with Crippen molar-refractivity contribution in [3.8, 4) is 0 Å². The maximum absolute atomic E-state index is 13.5. The van der Waals surface area contributed by atoms with E-state index >= 15 is 0 Å². The van der Waals surface area contributed by atoms with Crippen LogP contribution in [0.25, 0.3) is 0 Å². The Kier molecular flexibility index (Phi) is 3.63. The molecule has 0 spiro atoms. The summed E-state index contributed by atoms with van der Waals surface area (Å²) in [5, 5.41) is 0. The summed E-state index contributed by atoms with van der Waals surface area (Å²) in [4.78, 5) is -0.0823. The fourth-order valence-corrected chi connectivity index (χ4v) is 3.02. The molecule has 0 radical (unpaired) electrons. The molecule has 2 rings (SSSR count). The molecule has 2 aromatic carbocycles. The lowest BCUT2D eigenvalue weighted by Gasteiger charge is -2.11. The molecule has 7 heteroatoms. The van der Waals surface area contributed by atoms with Crippen molar-refractivity contribution in [2.45, 2.75) is 11.8 Å². The number of anilines is 2. The summed E-state index contributed by atoms with van der Waals surface area (Å²) in [6, 6.07) is 6.87. The fraction of sp³-hybridized carbons (Fsp3) is 0.0769. The van der Waals surface area contributed by atoms with Gasteiger partial charge < -0.3 is 5.73 Å². The van der Waals surface area contributed by atoms with Gasteiger partial charge in [-0.2, -0.15) is 0 Å². The normalized spacial score (nSPS) is 11.3. The van der Waals surface area contributed by atoms with E-state index in [1.165, 1.54) is 12.1 Å². The van der Waals surface area contributed by atoms with E-state index in [1.54, 1.807) is 13.0 Å². The van der Waals surface area contributed by atoms with Gasteiger partial charge in [-0.1, -0.05) is 6.07 Å². The van der Waals surface area contributed by atoms with Crippen molar-refractivity contribution in [1.29, 1.82) is 0 Å². The predicted octanol–water partition coefficient (Wildman–Crippen LogP) is 2.66. The van der Waals surface area contributed by atoms with E-state index in [2.05, 4.69) is 0 Å². The van der Waals surface area contributed by atoms with Crippen LogP contribution in [0.3, 0.4) is 0 Å². The number of hydrogen-bond acceptors (Lipinski definition) is 3. The number of sulfonamides is 1. The molecule has 0 aliphatic carbocycles. The highest BCUT2D eigenvalue weighted by molar-refractivity contribution is 7.92. The molecule has 0 aliphatic rings. The summed E-state index contributed by atoms with van der Waals surface area (Å²) < 4.78 is 52.9. The first kappa shape index (κ1) is 14.3. The molecule has 4 nitrogen and oxygen atoms in total. The van der Waals surface area contributed by atoms with Gasteiger partial charge in [0.1, 0.15) is 11.6 Å². The molecule has 0 heterocycles. The van der Waals surface area contributed by atoms with Gasteiger partial charge in [0.2, 0.25) is 0 Å². The largest absolute Gasteiger partial charge is 0.399 e. The van der Waals surface area contributed by atoms with Gasteiger partial charge in [-0.05, 0) is 36.8 Å². The summed E-state index contributed by atoms with van der Waals surface area (Å²) in [5.41, 5.74) is 5.80. The Bertz CT molecular complexity index is 761. The lowest BCUT2D eigenvalue weighted by molar-refractivity contribution is 0.594. The molecule has 106 valence electrons. The second kappa shape index (κ2) is 5.09. The topological polar surface area (TPSA) is 72.2 Å². The van der Waals surface area contributed by atoms with E-state index in [0.717, 1.165) is 18.2 Å². The maximum Gasteiger partial charge on any atom is 0.262 e. The molecule has 0 amide bonds. The molecule has 0 atom stereocenters. The minimum absolute atomic E-state index is 0.0823. The van der Waals surface area contributed by atoms with Crippen LogP contribution in [0.2, 0.25) is 0 Å². The Morgan fingerprint density at radius 3 is 2.50 bits per heavy atom. The van der Waals surface area contributed by atoms with Gasteiger partial charge in [-0.25, -0.2) is 17.2 Å². The van der Waals surface area contributed by atoms with E-state index in [1.807, 2.05) is 4.72 Å². The molecule has 0 bridgehead atoms. The Balaban J connectivity index is 2.46. The van der Waals surface area contributed by atoms with Crippen molar-refractivity contribution in [3.63, 3.8) is 0 Å². The van der Waals surface area contributed by atoms with Crippen LogP contribution in [0.15, 0.2) is 41.3 Å². The van der Waals surface area contributed by atoms with E-state index in [0.29, 0.717) is 5.56 Å². The molecule has 0 unspecified atom stereocenters. The Labute approximate surface area is 115 Å². The highest BCUT2D eigenvalue weighted by Crippen LogP contribution is 2.23. The van der Waals surface area contributed by atoms with Crippen LogP contribution in [0.5, 0.6) is 0 Å². The fourth-order valence-electron chi connectivity index (χ4n) is 1.68. The average molecular weight is 298 g/mol. The molecule has 0 aliphatic heterocycles. The third-order valence-electron chi connectivity index (χ3n) is 2.67. The van der Waals surface area contributed by atoms with Gasteiger partial charge in [0.05, 0.1) is 10.6 Å². The summed E-state index contributed by atoms with van der Waals surface area (Å²) in [6.45, 7) is 1.58. The number of aryl methyl sites for hydroxylation is 1. The lowest BCUT2D eigenvalue weighted by Crippen LogP contribution is -2.15. The SMILES string of the molecule is Cc1ccc(N)cc1S(=O)(=O)Nc1cc(F)ccc1F. The highest BCUT2D eigenvalue weighted by atomic mass is 32.2. The van der Waals surface area contributed by atoms with Crippen molar-refractivity contribution in [2.75, 3.05) is 10.5 Å². The van der Waals surface area contributed by atoms with E-state index in [-0.39, 0.29) is 10.6 Å². The molecular formula is C13H12F2N2O2S. The summed E-state index contributed by atoms with van der Waals surface area (Å²) in [5.74, 6) is -1.61. The van der Waals surface area contributed by atoms with Gasteiger partial charge in [0.25, 0.3) is 10.0 Å². The van der Waals surface area contributed by atoms with Crippen molar-refractivity contribution in [1.82, 2.24) is 0 Å². The standard InChI is InChI=1S/C13H12F2N2O2S/c1-8-2-4-10(16)7-13(8)20(18,19)17-12-6-9(14)3-5-11(12)15/h2-7,17H,16H2,1H3. The molecule has 0 aromatic heterocycles.